The van der Waals surface area contributed by atoms with E-state index < -0.39 is 0 Å². The normalized spacial score (nSPS) is 15.5. The number of Topliss-reactive ketones (excluding diaryl/α,β-unsaturated/α-hetero) is 1. The van der Waals surface area contributed by atoms with Crippen LogP contribution >= 0.6 is 11.3 Å². The lowest BCUT2D eigenvalue weighted by Gasteiger charge is -2.31. The van der Waals surface area contributed by atoms with Gasteiger partial charge in [0.25, 0.3) is 0 Å². The largest absolute Gasteiger partial charge is 0.343 e. The quantitative estimate of drug-likeness (QED) is 0.768. The highest BCUT2D eigenvalue weighted by molar-refractivity contribution is 7.09. The summed E-state index contributed by atoms with van der Waals surface area (Å²) >= 11 is 1.70. The van der Waals surface area contributed by atoms with Crippen LogP contribution in [0.3, 0.4) is 0 Å². The van der Waals surface area contributed by atoms with Gasteiger partial charge in [0.15, 0.2) is 5.78 Å². The smallest absolute Gasteiger partial charge is 0.222 e. The summed E-state index contributed by atoms with van der Waals surface area (Å²) in [4.78, 5) is 28.1. The maximum absolute atomic E-state index is 12.6. The van der Waals surface area contributed by atoms with E-state index in [0.717, 1.165) is 30.4 Å². The van der Waals surface area contributed by atoms with Crippen LogP contribution in [0.2, 0.25) is 0 Å². The Morgan fingerprint density at radius 2 is 1.83 bits per heavy atom. The first kappa shape index (κ1) is 16.9. The first-order valence-electron chi connectivity index (χ1n) is 8.54. The van der Waals surface area contributed by atoms with Gasteiger partial charge in [0.1, 0.15) is 0 Å². The minimum atomic E-state index is 0.0500. The molecule has 1 saturated heterocycles. The fourth-order valence-corrected chi connectivity index (χ4v) is 3.90. The molecule has 1 fully saturated rings. The van der Waals surface area contributed by atoms with Gasteiger partial charge in [-0.1, -0.05) is 35.9 Å². The van der Waals surface area contributed by atoms with Gasteiger partial charge in [-0.15, -0.1) is 11.3 Å². The van der Waals surface area contributed by atoms with Gasteiger partial charge in [0, 0.05) is 35.9 Å². The second-order valence-electron chi connectivity index (χ2n) is 6.46. The molecule has 1 amide bonds. The molecule has 0 bridgehead atoms. The molecule has 0 atom stereocenters. The van der Waals surface area contributed by atoms with Crippen LogP contribution in [0, 0.1) is 12.8 Å². The zero-order valence-corrected chi connectivity index (χ0v) is 14.8. The number of piperidine rings is 1. The van der Waals surface area contributed by atoms with Gasteiger partial charge >= 0.3 is 0 Å². The predicted molar refractivity (Wildman–Crippen MR) is 97.5 cm³/mol. The minimum absolute atomic E-state index is 0.0500. The average Bonchev–Trinajstić information content (AvgIpc) is 3.13. The molecule has 4 heteroatoms. The number of nitrogens with zero attached hydrogens (tertiary/aromatic N) is 1. The van der Waals surface area contributed by atoms with Gasteiger partial charge in [-0.05, 0) is 37.6 Å². The number of carbonyl (C=O) groups excluding carboxylic acids is 2. The molecule has 1 aromatic heterocycles. The maximum Gasteiger partial charge on any atom is 0.222 e. The average molecular weight is 341 g/mol. The van der Waals surface area contributed by atoms with Crippen molar-refractivity contribution in [2.45, 2.75) is 32.6 Å². The van der Waals surface area contributed by atoms with Crippen LogP contribution in [0.15, 0.2) is 41.8 Å². The molecule has 3 rings (SSSR count). The van der Waals surface area contributed by atoms with Crippen molar-refractivity contribution >= 4 is 23.0 Å². The fourth-order valence-electron chi connectivity index (χ4n) is 3.19. The van der Waals surface area contributed by atoms with E-state index in [2.05, 4.69) is 6.07 Å². The topological polar surface area (TPSA) is 37.4 Å². The first-order valence-corrected chi connectivity index (χ1v) is 9.42. The molecule has 0 spiro atoms. The van der Waals surface area contributed by atoms with Crippen molar-refractivity contribution in [1.29, 1.82) is 0 Å². The molecule has 2 aromatic rings. The molecule has 24 heavy (non-hydrogen) atoms. The zero-order valence-electron chi connectivity index (χ0n) is 14.0. The Kier molecular flexibility index (Phi) is 5.46. The van der Waals surface area contributed by atoms with Gasteiger partial charge in [-0.25, -0.2) is 0 Å². The second-order valence-corrected chi connectivity index (χ2v) is 7.50. The number of aryl methyl sites for hydroxylation is 2. The summed E-state index contributed by atoms with van der Waals surface area (Å²) in [6.45, 7) is 3.42. The SMILES string of the molecule is Cc1ccc(C(=O)C2CCN(C(=O)CCc3cccs3)CC2)cc1. The van der Waals surface area contributed by atoms with Crippen molar-refractivity contribution in [1.82, 2.24) is 4.90 Å². The van der Waals surface area contributed by atoms with Gasteiger partial charge in [-0.3, -0.25) is 9.59 Å². The maximum atomic E-state index is 12.6. The molecule has 0 unspecified atom stereocenters. The molecule has 1 aliphatic heterocycles. The number of amides is 1. The summed E-state index contributed by atoms with van der Waals surface area (Å²) in [6.07, 6.45) is 2.94. The summed E-state index contributed by atoms with van der Waals surface area (Å²) in [5, 5.41) is 2.04. The van der Waals surface area contributed by atoms with E-state index in [9.17, 15) is 9.59 Å². The summed E-state index contributed by atoms with van der Waals surface area (Å²) in [5.74, 6) is 0.486. The Balaban J connectivity index is 1.49. The van der Waals surface area contributed by atoms with Crippen LogP contribution in [0.1, 0.15) is 40.1 Å². The third kappa shape index (κ3) is 4.12. The van der Waals surface area contributed by atoms with Crippen LogP contribution < -0.4 is 0 Å². The number of likely N-dealkylation sites (tertiary alicyclic amines) is 1. The van der Waals surface area contributed by atoms with Crippen LogP contribution in [-0.2, 0) is 11.2 Å². The highest BCUT2D eigenvalue weighted by atomic mass is 32.1. The summed E-state index contributed by atoms with van der Waals surface area (Å²) < 4.78 is 0. The number of carbonyl (C=O) groups is 2. The summed E-state index contributed by atoms with van der Waals surface area (Å²) in [7, 11) is 0. The summed E-state index contributed by atoms with van der Waals surface area (Å²) in [5.41, 5.74) is 1.96. The van der Waals surface area contributed by atoms with Crippen LogP contribution in [0.25, 0.3) is 0 Å². The fraction of sp³-hybridized carbons (Fsp3) is 0.400. The Labute approximate surface area is 147 Å². The van der Waals surface area contributed by atoms with E-state index in [1.165, 1.54) is 4.88 Å². The number of hydrogen-bond acceptors (Lipinski definition) is 3. The van der Waals surface area contributed by atoms with Crippen LogP contribution in [0.4, 0.5) is 0 Å². The van der Waals surface area contributed by atoms with Gasteiger partial charge in [0.05, 0.1) is 0 Å². The molecule has 0 N–H and O–H groups in total. The van der Waals surface area contributed by atoms with Crippen LogP contribution in [0.5, 0.6) is 0 Å². The van der Waals surface area contributed by atoms with Crippen LogP contribution in [-0.4, -0.2) is 29.7 Å². The predicted octanol–water partition coefficient (Wildman–Crippen LogP) is 4.11. The second kappa shape index (κ2) is 7.75. The van der Waals surface area contributed by atoms with Crippen molar-refractivity contribution in [3.63, 3.8) is 0 Å². The molecule has 0 aliphatic carbocycles. The standard InChI is InChI=1S/C20H23NO2S/c1-15-4-6-16(7-5-15)20(23)17-10-12-21(13-11-17)19(22)9-8-18-3-2-14-24-18/h2-7,14,17H,8-13H2,1H3. The third-order valence-electron chi connectivity index (χ3n) is 4.72. The van der Waals surface area contributed by atoms with E-state index in [-0.39, 0.29) is 17.6 Å². The lowest BCUT2D eigenvalue weighted by Crippen LogP contribution is -2.40. The molecule has 1 aliphatic rings. The molecule has 0 radical (unpaired) electrons. The van der Waals surface area contributed by atoms with Crippen molar-refractivity contribution in [2.75, 3.05) is 13.1 Å². The van der Waals surface area contributed by atoms with E-state index in [1.807, 2.05) is 47.5 Å². The monoisotopic (exact) mass is 341 g/mol. The van der Waals surface area contributed by atoms with E-state index in [1.54, 1.807) is 11.3 Å². The Hall–Kier alpha value is -1.94. The van der Waals surface area contributed by atoms with Gasteiger partial charge in [-0.2, -0.15) is 0 Å². The van der Waals surface area contributed by atoms with Crippen molar-refractivity contribution in [3.8, 4) is 0 Å². The van der Waals surface area contributed by atoms with Gasteiger partial charge < -0.3 is 4.90 Å². The highest BCUT2D eigenvalue weighted by Gasteiger charge is 2.27. The van der Waals surface area contributed by atoms with E-state index >= 15 is 0 Å². The minimum Gasteiger partial charge on any atom is -0.343 e. The number of ketones is 1. The Bertz CT molecular complexity index is 683. The number of benzene rings is 1. The zero-order chi connectivity index (χ0) is 16.9. The lowest BCUT2D eigenvalue weighted by atomic mass is 9.88. The van der Waals surface area contributed by atoms with E-state index in [4.69, 9.17) is 0 Å². The third-order valence-corrected chi connectivity index (χ3v) is 5.66. The number of rotatable bonds is 5. The first-order chi connectivity index (χ1) is 11.6. The van der Waals surface area contributed by atoms with Crippen molar-refractivity contribution < 1.29 is 9.59 Å². The number of hydrogen-bond donors (Lipinski definition) is 0. The Morgan fingerprint density at radius 3 is 2.46 bits per heavy atom. The lowest BCUT2D eigenvalue weighted by molar-refractivity contribution is -0.132. The molecular formula is C20H23NO2S. The molecule has 2 heterocycles. The van der Waals surface area contributed by atoms with Crippen molar-refractivity contribution in [3.05, 3.63) is 57.8 Å². The molecule has 0 saturated carbocycles. The molecule has 3 nitrogen and oxygen atoms in total. The Morgan fingerprint density at radius 1 is 1.12 bits per heavy atom. The molecular weight excluding hydrogens is 318 g/mol. The highest BCUT2D eigenvalue weighted by Crippen LogP contribution is 2.23. The van der Waals surface area contributed by atoms with Crippen molar-refractivity contribution in [2.24, 2.45) is 5.92 Å². The van der Waals surface area contributed by atoms with E-state index in [0.29, 0.717) is 19.5 Å². The molecule has 1 aromatic carbocycles. The number of thiophene rings is 1. The van der Waals surface area contributed by atoms with Gasteiger partial charge in [0.2, 0.25) is 5.91 Å². The molecule has 126 valence electrons. The summed E-state index contributed by atoms with van der Waals surface area (Å²) in [6, 6.07) is 11.9.